The summed E-state index contributed by atoms with van der Waals surface area (Å²) in [6.45, 7) is 9.29. The summed E-state index contributed by atoms with van der Waals surface area (Å²) >= 11 is 0. The summed E-state index contributed by atoms with van der Waals surface area (Å²) < 4.78 is 5.18. The highest BCUT2D eigenvalue weighted by Gasteiger charge is 2.28. The van der Waals surface area contributed by atoms with E-state index in [0.29, 0.717) is 12.6 Å². The third-order valence-corrected chi connectivity index (χ3v) is 6.41. The second kappa shape index (κ2) is 12.1. The van der Waals surface area contributed by atoms with Gasteiger partial charge < -0.3 is 19.9 Å². The highest BCUT2D eigenvalue weighted by molar-refractivity contribution is 5.80. The summed E-state index contributed by atoms with van der Waals surface area (Å²) in [6, 6.07) is 11.3. The predicted molar refractivity (Wildman–Crippen MR) is 125 cm³/mol. The van der Waals surface area contributed by atoms with Crippen molar-refractivity contribution in [2.75, 3.05) is 66.5 Å². The number of nitrogens with zero attached hydrogens (tertiary/aromatic N) is 4. The van der Waals surface area contributed by atoms with Gasteiger partial charge in [0.25, 0.3) is 0 Å². The zero-order valence-electron chi connectivity index (χ0n) is 19.4. The highest BCUT2D eigenvalue weighted by atomic mass is 16.5. The van der Waals surface area contributed by atoms with Crippen molar-refractivity contribution in [1.82, 2.24) is 20.0 Å². The summed E-state index contributed by atoms with van der Waals surface area (Å²) in [5.74, 6) is 0.923. The SMILES string of the molecule is CCOC(=O)C1CCN(C(=NC)NCCCN2CCN(C)CC2c2ccccc2)CC1. The van der Waals surface area contributed by atoms with Gasteiger partial charge in [-0.05, 0) is 38.8 Å². The van der Waals surface area contributed by atoms with E-state index in [1.54, 1.807) is 0 Å². The Morgan fingerprint density at radius 2 is 1.90 bits per heavy atom. The van der Waals surface area contributed by atoms with Gasteiger partial charge in [-0.3, -0.25) is 14.7 Å². The van der Waals surface area contributed by atoms with Crippen LogP contribution in [0, 0.1) is 5.92 Å². The number of hydrogen-bond acceptors (Lipinski definition) is 5. The maximum Gasteiger partial charge on any atom is 0.309 e. The first-order valence-electron chi connectivity index (χ1n) is 11.7. The van der Waals surface area contributed by atoms with E-state index in [-0.39, 0.29) is 11.9 Å². The number of likely N-dealkylation sites (tertiary alicyclic amines) is 1. The van der Waals surface area contributed by atoms with Crippen molar-refractivity contribution >= 4 is 11.9 Å². The van der Waals surface area contributed by atoms with Crippen LogP contribution in [-0.2, 0) is 9.53 Å². The molecule has 0 aromatic heterocycles. The smallest absolute Gasteiger partial charge is 0.309 e. The normalized spacial score (nSPS) is 21.8. The maximum atomic E-state index is 12.0. The van der Waals surface area contributed by atoms with Crippen molar-refractivity contribution in [3.8, 4) is 0 Å². The first-order chi connectivity index (χ1) is 15.1. The van der Waals surface area contributed by atoms with Crippen LogP contribution in [0.2, 0.25) is 0 Å². The van der Waals surface area contributed by atoms with Gasteiger partial charge in [-0.2, -0.15) is 0 Å². The molecule has 0 bridgehead atoms. The molecule has 1 N–H and O–H groups in total. The minimum Gasteiger partial charge on any atom is -0.466 e. The number of guanidine groups is 1. The number of esters is 1. The first kappa shape index (κ1) is 23.5. The van der Waals surface area contributed by atoms with Gasteiger partial charge in [-0.1, -0.05) is 30.3 Å². The zero-order valence-corrected chi connectivity index (χ0v) is 19.4. The summed E-state index contributed by atoms with van der Waals surface area (Å²) in [7, 11) is 4.05. The largest absolute Gasteiger partial charge is 0.466 e. The van der Waals surface area contributed by atoms with E-state index in [2.05, 4.69) is 62.4 Å². The van der Waals surface area contributed by atoms with Gasteiger partial charge in [-0.25, -0.2) is 0 Å². The van der Waals surface area contributed by atoms with Gasteiger partial charge in [0, 0.05) is 58.9 Å². The second-order valence-corrected chi connectivity index (χ2v) is 8.57. The molecule has 0 amide bonds. The van der Waals surface area contributed by atoms with E-state index in [9.17, 15) is 4.79 Å². The molecule has 2 aliphatic heterocycles. The molecule has 2 heterocycles. The fourth-order valence-electron chi connectivity index (χ4n) is 4.62. The standard InChI is InChI=1S/C24H39N5O2/c1-4-31-23(30)21-11-15-29(16-12-21)24(25-2)26-13-8-14-28-18-17-27(3)19-22(28)20-9-6-5-7-10-20/h5-7,9-10,21-22H,4,8,11-19H2,1-3H3,(H,25,26). The van der Waals surface area contributed by atoms with Crippen LogP contribution in [0.1, 0.15) is 37.8 Å². The third kappa shape index (κ3) is 6.68. The molecule has 1 aromatic rings. The van der Waals surface area contributed by atoms with Gasteiger partial charge in [0.2, 0.25) is 0 Å². The Morgan fingerprint density at radius 3 is 2.58 bits per heavy atom. The van der Waals surface area contributed by atoms with Crippen LogP contribution < -0.4 is 5.32 Å². The van der Waals surface area contributed by atoms with E-state index in [1.165, 1.54) is 5.56 Å². The van der Waals surface area contributed by atoms with Gasteiger partial charge in [-0.15, -0.1) is 0 Å². The van der Waals surface area contributed by atoms with Gasteiger partial charge >= 0.3 is 5.97 Å². The molecule has 2 saturated heterocycles. The lowest BCUT2D eigenvalue weighted by molar-refractivity contribution is -0.149. The summed E-state index contributed by atoms with van der Waals surface area (Å²) in [5, 5.41) is 3.53. The summed E-state index contributed by atoms with van der Waals surface area (Å²) in [5.41, 5.74) is 1.40. The number of carbonyl (C=O) groups excluding carboxylic acids is 1. The van der Waals surface area contributed by atoms with Crippen LogP contribution in [0.3, 0.4) is 0 Å². The molecule has 7 nitrogen and oxygen atoms in total. The number of carbonyl (C=O) groups is 1. The molecule has 2 fully saturated rings. The molecular weight excluding hydrogens is 390 g/mol. The number of piperazine rings is 1. The second-order valence-electron chi connectivity index (χ2n) is 8.57. The van der Waals surface area contributed by atoms with Gasteiger partial charge in [0.05, 0.1) is 12.5 Å². The zero-order chi connectivity index (χ0) is 22.1. The topological polar surface area (TPSA) is 60.4 Å². The average Bonchev–Trinajstić information content (AvgIpc) is 2.81. The lowest BCUT2D eigenvalue weighted by Gasteiger charge is -2.40. The Bertz CT molecular complexity index is 703. The molecule has 0 radical (unpaired) electrons. The van der Waals surface area contributed by atoms with E-state index in [0.717, 1.165) is 71.0 Å². The van der Waals surface area contributed by atoms with Crippen LogP contribution in [0.15, 0.2) is 35.3 Å². The van der Waals surface area contributed by atoms with Crippen molar-refractivity contribution in [2.45, 2.75) is 32.2 Å². The van der Waals surface area contributed by atoms with Crippen LogP contribution in [-0.4, -0.2) is 93.1 Å². The molecule has 31 heavy (non-hydrogen) atoms. The van der Waals surface area contributed by atoms with E-state index < -0.39 is 0 Å². The highest BCUT2D eigenvalue weighted by Crippen LogP contribution is 2.24. The van der Waals surface area contributed by atoms with Gasteiger partial charge in [0.15, 0.2) is 5.96 Å². The van der Waals surface area contributed by atoms with Crippen LogP contribution >= 0.6 is 0 Å². The van der Waals surface area contributed by atoms with Gasteiger partial charge in [0.1, 0.15) is 0 Å². The number of nitrogens with one attached hydrogen (secondary N) is 1. The van der Waals surface area contributed by atoms with E-state index >= 15 is 0 Å². The minimum absolute atomic E-state index is 0.0291. The molecule has 1 aromatic carbocycles. The molecule has 1 unspecified atom stereocenters. The summed E-state index contributed by atoms with van der Waals surface area (Å²) in [4.78, 5) is 23.7. The monoisotopic (exact) mass is 429 g/mol. The quantitative estimate of drug-likeness (QED) is 0.310. The Kier molecular flexibility index (Phi) is 9.15. The Labute approximate surface area is 187 Å². The number of aliphatic imine (C=N–C) groups is 1. The van der Waals surface area contributed by atoms with Crippen LogP contribution in [0.25, 0.3) is 0 Å². The van der Waals surface area contributed by atoms with E-state index in [1.807, 2.05) is 14.0 Å². The molecule has 172 valence electrons. The average molecular weight is 430 g/mol. The number of benzene rings is 1. The number of hydrogen-bond donors (Lipinski definition) is 1. The Balaban J connectivity index is 1.43. The maximum absolute atomic E-state index is 12.0. The summed E-state index contributed by atoms with van der Waals surface area (Å²) in [6.07, 6.45) is 2.74. The molecule has 3 rings (SSSR count). The Hall–Kier alpha value is -2.12. The molecular formula is C24H39N5O2. The first-order valence-corrected chi connectivity index (χ1v) is 11.7. The van der Waals surface area contributed by atoms with Crippen molar-refractivity contribution in [2.24, 2.45) is 10.9 Å². The fraction of sp³-hybridized carbons (Fsp3) is 0.667. The van der Waals surface area contributed by atoms with Crippen molar-refractivity contribution < 1.29 is 9.53 Å². The molecule has 1 atom stereocenters. The van der Waals surface area contributed by atoms with E-state index in [4.69, 9.17) is 4.74 Å². The third-order valence-electron chi connectivity index (χ3n) is 6.41. The van der Waals surface area contributed by atoms with Crippen LogP contribution in [0.4, 0.5) is 0 Å². The van der Waals surface area contributed by atoms with Crippen molar-refractivity contribution in [1.29, 1.82) is 0 Å². The number of rotatable bonds is 7. The van der Waals surface area contributed by atoms with Crippen LogP contribution in [0.5, 0.6) is 0 Å². The number of piperidine rings is 1. The number of likely N-dealkylation sites (N-methyl/N-ethyl adjacent to an activating group) is 1. The Morgan fingerprint density at radius 1 is 1.16 bits per heavy atom. The minimum atomic E-state index is -0.0507. The lowest BCUT2D eigenvalue weighted by Crippen LogP contribution is -2.48. The molecule has 0 aliphatic carbocycles. The fourth-order valence-corrected chi connectivity index (χ4v) is 4.62. The molecule has 0 spiro atoms. The molecule has 0 saturated carbocycles. The molecule has 7 heteroatoms. The van der Waals surface area contributed by atoms with Crippen molar-refractivity contribution in [3.63, 3.8) is 0 Å². The lowest BCUT2D eigenvalue weighted by atomic mass is 9.97. The molecule has 2 aliphatic rings. The predicted octanol–water partition coefficient (Wildman–Crippen LogP) is 2.22. The van der Waals surface area contributed by atoms with Crippen molar-refractivity contribution in [3.05, 3.63) is 35.9 Å². The number of ether oxygens (including phenoxy) is 1.